The SMILES string of the molecule is Brc1ccccc1-c1ccc2ccccc2c1.C1CCOC1.Clc1ccc2c(c1)C1(c3ccccc3-2)c2ccccc2-c2ccc3ccccc3c21.O=C1c2ccccc2-c2ccc(Cl)cc21.OC1(c2ccccc2-c2ccc3ccccc3c2)c2cc(Cl)ccc2-c2ccc3ccccc3c21.[CH2-]CCC.[Li+]. The van der Waals surface area contributed by atoms with Crippen LogP contribution in [0.3, 0.4) is 0 Å². The molecule has 0 saturated carbocycles. The molecule has 0 amide bonds. The molecule has 0 bridgehead atoms. The van der Waals surface area contributed by atoms with E-state index in [9.17, 15) is 9.90 Å². The molecule has 5 aliphatic rings. The molecule has 2 unspecified atom stereocenters. The minimum atomic E-state index is -1.35. The molecule has 0 aromatic heterocycles. The van der Waals surface area contributed by atoms with Gasteiger partial charge in [-0.2, -0.15) is 6.42 Å². The Morgan fingerprint density at radius 2 is 0.729 bits per heavy atom. The van der Waals surface area contributed by atoms with Crippen LogP contribution in [0.25, 0.3) is 110 Å². The maximum Gasteiger partial charge on any atom is 1.00 e. The van der Waals surface area contributed by atoms with Crippen LogP contribution in [0.1, 0.15) is 87.5 Å². The molecule has 1 saturated heterocycles. The number of ether oxygens (including phenoxy) is 1. The van der Waals surface area contributed by atoms with Crippen LogP contribution in [0.15, 0.2) is 338 Å². The summed E-state index contributed by atoms with van der Waals surface area (Å²) in [5.41, 5.74) is 21.6. The van der Waals surface area contributed by atoms with E-state index in [1.165, 1.54) is 107 Å². The largest absolute Gasteiger partial charge is 1.00 e. The van der Waals surface area contributed by atoms with Gasteiger partial charge < -0.3 is 16.8 Å². The molecule has 2 atom stereocenters. The van der Waals surface area contributed by atoms with Crippen molar-refractivity contribution in [1.29, 1.82) is 0 Å². The number of fused-ring (bicyclic) bond motifs is 22. The van der Waals surface area contributed by atoms with Gasteiger partial charge in [-0.3, -0.25) is 4.79 Å². The van der Waals surface area contributed by atoms with E-state index in [0.29, 0.717) is 15.6 Å². The molecule has 4 aliphatic carbocycles. The predicted octanol–water partition coefficient (Wildman–Crippen LogP) is 24.7. The number of hydrogen-bond donors (Lipinski definition) is 1. The van der Waals surface area contributed by atoms with Gasteiger partial charge >= 0.3 is 18.9 Å². The van der Waals surface area contributed by atoms with Gasteiger partial charge in [0.25, 0.3) is 0 Å². The van der Waals surface area contributed by atoms with Gasteiger partial charge in [0.1, 0.15) is 5.60 Å². The third kappa shape index (κ3) is 13.4. The zero-order chi connectivity index (χ0) is 72.5. The molecular weight excluding hydrogens is 1430 g/mol. The fourth-order valence-electron chi connectivity index (χ4n) is 16.2. The second-order valence-corrected chi connectivity index (χ2v) is 29.4. The topological polar surface area (TPSA) is 46.5 Å². The molecule has 3 nitrogen and oxygen atoms in total. The summed E-state index contributed by atoms with van der Waals surface area (Å²) < 4.78 is 6.08. The predicted molar refractivity (Wildman–Crippen MR) is 449 cm³/mol. The van der Waals surface area contributed by atoms with Gasteiger partial charge in [-0.15, -0.1) is 0 Å². The first-order valence-corrected chi connectivity index (χ1v) is 38.1. The number of aliphatic hydroxyl groups is 1. The Morgan fingerprint density at radius 1 is 0.355 bits per heavy atom. The van der Waals surface area contributed by atoms with Crippen molar-refractivity contribution < 1.29 is 33.5 Å². The van der Waals surface area contributed by atoms with Gasteiger partial charge in [-0.1, -0.05) is 343 Å². The first-order valence-electron chi connectivity index (χ1n) is 36.2. The zero-order valence-electron chi connectivity index (χ0n) is 59.5. The fourth-order valence-corrected chi connectivity index (χ4v) is 17.2. The van der Waals surface area contributed by atoms with E-state index in [1.54, 1.807) is 6.07 Å². The summed E-state index contributed by atoms with van der Waals surface area (Å²) in [6.45, 7) is 7.72. The van der Waals surface area contributed by atoms with Crippen LogP contribution >= 0.6 is 50.7 Å². The van der Waals surface area contributed by atoms with E-state index in [2.05, 4.69) is 260 Å². The van der Waals surface area contributed by atoms with Gasteiger partial charge in [0.15, 0.2) is 5.78 Å². The molecular formula is C99H73BrCl3LiO3. The van der Waals surface area contributed by atoms with Gasteiger partial charge in [0.05, 0.1) is 5.41 Å². The summed E-state index contributed by atoms with van der Waals surface area (Å²) in [7, 11) is 0. The van der Waals surface area contributed by atoms with Crippen molar-refractivity contribution in [3.63, 3.8) is 0 Å². The zero-order valence-corrected chi connectivity index (χ0v) is 63.3. The molecule has 0 radical (unpaired) electrons. The summed E-state index contributed by atoms with van der Waals surface area (Å²) >= 11 is 22.6. The van der Waals surface area contributed by atoms with E-state index < -0.39 is 5.60 Å². The summed E-state index contributed by atoms with van der Waals surface area (Å²) in [6.07, 6.45) is 4.83. The molecule has 107 heavy (non-hydrogen) atoms. The van der Waals surface area contributed by atoms with Crippen LogP contribution in [0.5, 0.6) is 0 Å². The minimum absolute atomic E-state index is 0. The van der Waals surface area contributed by atoms with Gasteiger partial charge in [-0.05, 0) is 200 Å². The maximum absolute atomic E-state index is 12.9. The molecule has 16 aromatic carbocycles. The fraction of sp³-hybridized carbons (Fsp3) is 0.0909. The van der Waals surface area contributed by atoms with Crippen LogP contribution in [0, 0.1) is 6.92 Å². The summed E-state index contributed by atoms with van der Waals surface area (Å²) in [5.74, 6) is 0.0723. The molecule has 1 fully saturated rings. The number of halogens is 4. The quantitative estimate of drug-likeness (QED) is 0.141. The second-order valence-electron chi connectivity index (χ2n) is 27.2. The average molecular weight is 1500 g/mol. The average Bonchev–Trinajstić information content (AvgIpc) is 1.50. The standard InChI is InChI=1S/C33H21ClO.C29H17Cl.C16H11Br.C13H7ClO.C4H8O.C4H9.Li/c34-25-16-18-28-29-17-15-22-8-3-4-11-27(22)32(29)33(35,31(28)20-25)30-12-6-5-10-26(30)24-14-13-21-7-1-2-9-23(21)19-24;30-19-14-16-23-21-9-3-5-11-25(21)29(27(23)17-19)26-12-6-4-10-22(26)24-15-13-18-7-1-2-8-20(18)28(24)29;17-16-8-4-3-7-15(16)14-10-9-12-5-1-2-6-13(12)11-14;14-8-5-6-10-9-3-1-2-4-11(9)13(15)12(10)7-8;1-2-4-5-3-1;1-3-4-2;/h1-20,35H;1-17H;1-11H;1-7H;1-4H2;1,3-4H2,2H3;/q;;;;;-1;+1. The summed E-state index contributed by atoms with van der Waals surface area (Å²) in [6, 6.07) is 115. The van der Waals surface area contributed by atoms with E-state index in [1.807, 2.05) is 97.1 Å². The molecule has 21 rings (SSSR count). The molecule has 1 heterocycles. The number of carbonyl (C=O) groups excluding carboxylic acids is 1. The van der Waals surface area contributed by atoms with Crippen molar-refractivity contribution in [2.24, 2.45) is 0 Å². The van der Waals surface area contributed by atoms with Crippen molar-refractivity contribution in [2.45, 2.75) is 43.6 Å². The number of benzene rings is 16. The van der Waals surface area contributed by atoms with E-state index in [4.69, 9.17) is 39.5 Å². The number of unbranched alkanes of at least 4 members (excludes halogenated alkanes) is 1. The minimum Gasteiger partial charge on any atom is -0.381 e. The van der Waals surface area contributed by atoms with Crippen LogP contribution in [0.2, 0.25) is 15.1 Å². The summed E-state index contributed by atoms with van der Waals surface area (Å²) in [4.78, 5) is 12.0. The van der Waals surface area contributed by atoms with Crippen molar-refractivity contribution in [3.05, 3.63) is 410 Å². The normalized spacial score (nSPS) is 15.1. The van der Waals surface area contributed by atoms with Crippen LogP contribution in [-0.4, -0.2) is 24.1 Å². The molecule has 1 spiro atoms. The smallest absolute Gasteiger partial charge is 0.381 e. The van der Waals surface area contributed by atoms with E-state index in [0.717, 1.165) is 95.5 Å². The van der Waals surface area contributed by atoms with E-state index in [-0.39, 0.29) is 30.1 Å². The van der Waals surface area contributed by atoms with Crippen molar-refractivity contribution >= 4 is 99.6 Å². The second kappa shape index (κ2) is 31.5. The van der Waals surface area contributed by atoms with Gasteiger partial charge in [0.2, 0.25) is 0 Å². The molecule has 16 aromatic rings. The summed E-state index contributed by atoms with van der Waals surface area (Å²) in [5, 5.41) is 24.6. The van der Waals surface area contributed by atoms with Crippen molar-refractivity contribution in [2.75, 3.05) is 13.2 Å². The number of ketones is 1. The van der Waals surface area contributed by atoms with Crippen LogP contribution in [0.4, 0.5) is 0 Å². The Kier molecular flexibility index (Phi) is 21.4. The van der Waals surface area contributed by atoms with Crippen LogP contribution in [-0.2, 0) is 15.8 Å². The Morgan fingerprint density at radius 3 is 1.28 bits per heavy atom. The first kappa shape index (κ1) is 72.6. The Bertz CT molecular complexity index is 6040. The number of rotatable bonds is 4. The monoisotopic (exact) mass is 1500 g/mol. The third-order valence-corrected chi connectivity index (χ3v) is 22.5. The van der Waals surface area contributed by atoms with Crippen molar-refractivity contribution in [1.82, 2.24) is 0 Å². The van der Waals surface area contributed by atoms with Gasteiger partial charge in [-0.25, -0.2) is 0 Å². The molecule has 8 heteroatoms. The Hall–Kier alpha value is -9.90. The van der Waals surface area contributed by atoms with Crippen molar-refractivity contribution in [3.8, 4) is 66.8 Å². The molecule has 1 aliphatic heterocycles. The van der Waals surface area contributed by atoms with Gasteiger partial charge in [0, 0.05) is 60.6 Å². The van der Waals surface area contributed by atoms with Crippen LogP contribution < -0.4 is 18.9 Å². The number of carbonyl (C=O) groups is 1. The molecule has 516 valence electrons. The van der Waals surface area contributed by atoms with E-state index >= 15 is 0 Å². The molecule has 1 N–H and O–H groups in total. The Balaban J connectivity index is 0.000000114. The number of hydrogen-bond acceptors (Lipinski definition) is 3. The first-order chi connectivity index (χ1) is 52.0. The Labute approximate surface area is 661 Å². The maximum atomic E-state index is 12.9. The third-order valence-electron chi connectivity index (χ3n) is 21.1.